The number of H-pyrrole nitrogens is 1. The van der Waals surface area contributed by atoms with Gasteiger partial charge in [0.05, 0.1) is 18.1 Å². The number of nitrogens with one attached hydrogen (secondary N) is 2. The monoisotopic (exact) mass is 320 g/mol. The van der Waals surface area contributed by atoms with Crippen LogP contribution in [0.1, 0.15) is 31.7 Å². The Morgan fingerprint density at radius 2 is 2.12 bits per heavy atom. The topological polar surface area (TPSA) is 53.6 Å². The molecule has 3 unspecified atom stereocenters. The number of hydrogen-bond acceptors (Lipinski definition) is 3. The first-order valence-corrected chi connectivity index (χ1v) is 8.53. The van der Waals surface area contributed by atoms with E-state index in [1.165, 1.54) is 11.1 Å². The fourth-order valence-electron chi connectivity index (χ4n) is 3.69. The van der Waals surface area contributed by atoms with Crippen LogP contribution in [0.2, 0.25) is 0 Å². The van der Waals surface area contributed by atoms with Crippen molar-refractivity contribution in [3.05, 3.63) is 67.2 Å². The van der Waals surface area contributed by atoms with E-state index < -0.39 is 0 Å². The second kappa shape index (κ2) is 6.87. The first kappa shape index (κ1) is 16.2. The lowest BCUT2D eigenvalue weighted by molar-refractivity contribution is 0.455. The van der Waals surface area contributed by atoms with Crippen molar-refractivity contribution in [1.82, 2.24) is 15.0 Å². The zero-order valence-electron chi connectivity index (χ0n) is 14.3. The van der Waals surface area contributed by atoms with Crippen molar-refractivity contribution in [1.29, 1.82) is 0 Å². The van der Waals surface area contributed by atoms with E-state index in [-0.39, 0.29) is 6.04 Å². The van der Waals surface area contributed by atoms with Crippen LogP contribution in [0.25, 0.3) is 11.2 Å². The number of fused-ring (bicyclic) bond motifs is 5. The van der Waals surface area contributed by atoms with Gasteiger partial charge in [-0.2, -0.15) is 0 Å². The molecule has 2 N–H and O–H groups in total. The van der Waals surface area contributed by atoms with Crippen LogP contribution in [0.15, 0.2) is 61.6 Å². The van der Waals surface area contributed by atoms with Crippen molar-refractivity contribution in [3.8, 4) is 0 Å². The summed E-state index contributed by atoms with van der Waals surface area (Å²) in [6, 6.07) is 0.219. The number of pyridine rings is 1. The first-order chi connectivity index (χ1) is 11.8. The highest BCUT2D eigenvalue weighted by Crippen LogP contribution is 2.47. The SMILES string of the molecule is C=C/C=C(\C=C)C1Nc2c(cnc3nc[nH]c23)C2C=CCC12.CC. The number of aromatic nitrogens is 3. The number of anilines is 1. The van der Waals surface area contributed by atoms with Crippen LogP contribution in [-0.2, 0) is 0 Å². The van der Waals surface area contributed by atoms with Crippen LogP contribution in [0.4, 0.5) is 5.69 Å². The Balaban J connectivity index is 0.000000815. The Hall–Kier alpha value is -2.62. The van der Waals surface area contributed by atoms with Crippen LogP contribution in [-0.4, -0.2) is 21.0 Å². The quantitative estimate of drug-likeness (QED) is 0.634. The van der Waals surface area contributed by atoms with Gasteiger partial charge in [-0.15, -0.1) is 0 Å². The predicted octanol–water partition coefficient (Wildman–Crippen LogP) is 4.74. The van der Waals surface area contributed by atoms with Crippen molar-refractivity contribution in [2.24, 2.45) is 5.92 Å². The molecule has 0 saturated heterocycles. The Kier molecular flexibility index (Phi) is 4.65. The maximum absolute atomic E-state index is 4.47. The smallest absolute Gasteiger partial charge is 0.179 e. The van der Waals surface area contributed by atoms with Gasteiger partial charge in [-0.1, -0.05) is 57.4 Å². The number of aromatic amines is 1. The highest BCUT2D eigenvalue weighted by Gasteiger charge is 2.39. The summed E-state index contributed by atoms with van der Waals surface area (Å²) in [5.74, 6) is 0.869. The molecule has 2 aromatic rings. The van der Waals surface area contributed by atoms with Crippen LogP contribution in [0.5, 0.6) is 0 Å². The molecular weight excluding hydrogens is 296 g/mol. The summed E-state index contributed by atoms with van der Waals surface area (Å²) in [4.78, 5) is 11.9. The minimum absolute atomic E-state index is 0.219. The van der Waals surface area contributed by atoms with Gasteiger partial charge in [-0.05, 0) is 17.9 Å². The van der Waals surface area contributed by atoms with Crippen molar-refractivity contribution < 1.29 is 0 Å². The molecule has 2 aliphatic rings. The van der Waals surface area contributed by atoms with Gasteiger partial charge in [0.15, 0.2) is 5.65 Å². The fourth-order valence-corrected chi connectivity index (χ4v) is 3.69. The third kappa shape index (κ3) is 2.48. The fraction of sp³-hybridized carbons (Fsp3) is 0.300. The maximum Gasteiger partial charge on any atom is 0.179 e. The van der Waals surface area contributed by atoms with E-state index in [1.54, 1.807) is 6.33 Å². The number of imidazole rings is 1. The molecule has 4 rings (SSSR count). The summed E-state index contributed by atoms with van der Waals surface area (Å²) < 4.78 is 0. The average Bonchev–Trinajstić information content (AvgIpc) is 3.29. The van der Waals surface area contributed by atoms with E-state index in [0.29, 0.717) is 11.8 Å². The molecule has 0 bridgehead atoms. The summed E-state index contributed by atoms with van der Waals surface area (Å²) in [5, 5.41) is 3.69. The van der Waals surface area contributed by atoms with Gasteiger partial charge < -0.3 is 10.3 Å². The van der Waals surface area contributed by atoms with Crippen LogP contribution < -0.4 is 5.32 Å². The molecule has 24 heavy (non-hydrogen) atoms. The highest BCUT2D eigenvalue weighted by atomic mass is 15.0. The van der Waals surface area contributed by atoms with Gasteiger partial charge in [-0.3, -0.25) is 0 Å². The second-order valence-corrected chi connectivity index (χ2v) is 5.77. The lowest BCUT2D eigenvalue weighted by atomic mass is 9.77. The lowest BCUT2D eigenvalue weighted by Gasteiger charge is -2.37. The van der Waals surface area contributed by atoms with E-state index in [0.717, 1.165) is 23.3 Å². The number of nitrogens with zero attached hydrogens (tertiary/aromatic N) is 2. The van der Waals surface area contributed by atoms with E-state index in [4.69, 9.17) is 0 Å². The van der Waals surface area contributed by atoms with Gasteiger partial charge in [0.1, 0.15) is 5.52 Å². The third-order valence-electron chi connectivity index (χ3n) is 4.69. The van der Waals surface area contributed by atoms with Gasteiger partial charge in [0.25, 0.3) is 0 Å². The average molecular weight is 320 g/mol. The van der Waals surface area contributed by atoms with Crippen molar-refractivity contribution >= 4 is 16.9 Å². The molecule has 0 spiro atoms. The maximum atomic E-state index is 4.47. The summed E-state index contributed by atoms with van der Waals surface area (Å²) in [6.07, 6.45) is 15.1. The molecule has 0 radical (unpaired) electrons. The summed E-state index contributed by atoms with van der Waals surface area (Å²) in [5.41, 5.74) is 5.25. The molecule has 0 amide bonds. The van der Waals surface area contributed by atoms with E-state index in [9.17, 15) is 0 Å². The number of allylic oxidation sites excluding steroid dienone is 4. The van der Waals surface area contributed by atoms with Crippen molar-refractivity contribution in [2.75, 3.05) is 5.32 Å². The molecule has 4 heteroatoms. The molecule has 3 atom stereocenters. The van der Waals surface area contributed by atoms with E-state index in [2.05, 4.69) is 45.6 Å². The van der Waals surface area contributed by atoms with Gasteiger partial charge >= 0.3 is 0 Å². The van der Waals surface area contributed by atoms with Gasteiger partial charge in [-0.25, -0.2) is 9.97 Å². The number of hydrogen-bond donors (Lipinski definition) is 2. The van der Waals surface area contributed by atoms with E-state index >= 15 is 0 Å². The Morgan fingerprint density at radius 3 is 2.88 bits per heavy atom. The van der Waals surface area contributed by atoms with Crippen molar-refractivity contribution in [2.45, 2.75) is 32.2 Å². The molecule has 0 saturated carbocycles. The molecule has 2 aromatic heterocycles. The van der Waals surface area contributed by atoms with Crippen molar-refractivity contribution in [3.63, 3.8) is 0 Å². The summed E-state index contributed by atoms with van der Waals surface area (Å²) in [7, 11) is 0. The van der Waals surface area contributed by atoms with Crippen LogP contribution >= 0.6 is 0 Å². The lowest BCUT2D eigenvalue weighted by Crippen LogP contribution is -2.37. The molecular formula is C20H24N4. The Labute approximate surface area is 143 Å². The van der Waals surface area contributed by atoms with E-state index in [1.807, 2.05) is 38.3 Å². The molecule has 4 nitrogen and oxygen atoms in total. The first-order valence-electron chi connectivity index (χ1n) is 8.53. The second-order valence-electron chi connectivity index (χ2n) is 5.77. The zero-order valence-corrected chi connectivity index (χ0v) is 14.3. The summed E-state index contributed by atoms with van der Waals surface area (Å²) >= 11 is 0. The predicted molar refractivity (Wildman–Crippen MR) is 101 cm³/mol. The van der Waals surface area contributed by atoms with Crippen LogP contribution in [0.3, 0.4) is 0 Å². The standard InChI is InChI=1S/C18H18N4.C2H6/c1-3-6-11(4-2)15-13-8-5-7-12(13)14-9-19-18-17(16(14)22-15)20-10-21-18;1-2/h3-7,9-10,12-13,15,22H,1-2,8H2,(H,19,20,21);1-2H3/b11-6+;. The van der Waals surface area contributed by atoms with Crippen LogP contribution in [0, 0.1) is 5.92 Å². The van der Waals surface area contributed by atoms with Gasteiger partial charge in [0.2, 0.25) is 0 Å². The number of rotatable bonds is 3. The minimum atomic E-state index is 0.219. The molecule has 124 valence electrons. The zero-order chi connectivity index (χ0) is 17.1. The normalized spacial score (nSPS) is 24.4. The largest absolute Gasteiger partial charge is 0.376 e. The van der Waals surface area contributed by atoms with Gasteiger partial charge in [0, 0.05) is 17.7 Å². The molecule has 0 aromatic carbocycles. The highest BCUT2D eigenvalue weighted by molar-refractivity contribution is 5.88. The molecule has 1 aliphatic heterocycles. The molecule has 3 heterocycles. The summed E-state index contributed by atoms with van der Waals surface area (Å²) in [6.45, 7) is 11.8. The third-order valence-corrected chi connectivity index (χ3v) is 4.69. The molecule has 0 fully saturated rings. The Bertz CT molecular complexity index is 812. The Morgan fingerprint density at radius 1 is 1.29 bits per heavy atom. The molecule has 1 aliphatic carbocycles. The minimum Gasteiger partial charge on any atom is -0.376 e.